The normalized spacial score (nSPS) is 18.5. The van der Waals surface area contributed by atoms with Crippen LogP contribution in [0.3, 0.4) is 0 Å². The topological polar surface area (TPSA) is 46.6 Å². The van der Waals surface area contributed by atoms with Gasteiger partial charge in [-0.3, -0.25) is 4.79 Å². The van der Waals surface area contributed by atoms with Crippen LogP contribution in [-0.4, -0.2) is 36.5 Å². The van der Waals surface area contributed by atoms with Crippen LogP contribution < -0.4 is 0 Å². The fourth-order valence-corrected chi connectivity index (χ4v) is 2.62. The second-order valence-corrected chi connectivity index (χ2v) is 5.16. The summed E-state index contributed by atoms with van der Waals surface area (Å²) in [7, 11) is 1.29. The average molecular weight is 330 g/mol. The molecule has 1 unspecified atom stereocenters. The van der Waals surface area contributed by atoms with E-state index in [1.54, 1.807) is 0 Å². The number of ether oxygens (including phenoxy) is 1. The molecule has 1 atom stereocenters. The molecule has 1 heterocycles. The maximum Gasteiger partial charge on any atom is 0.328 e. The first-order chi connectivity index (χ1) is 9.04. The lowest BCUT2D eigenvalue weighted by Gasteiger charge is -2.23. The molecule has 0 aromatic heterocycles. The number of halogens is 2. The first-order valence-corrected chi connectivity index (χ1v) is 6.67. The van der Waals surface area contributed by atoms with Crippen molar-refractivity contribution in [1.82, 2.24) is 4.90 Å². The predicted molar refractivity (Wildman–Crippen MR) is 70.2 cm³/mol. The first-order valence-electron chi connectivity index (χ1n) is 5.88. The standard InChI is InChI=1S/C13H13BrFNO3/c1-19-13(18)11-3-2-6-16(11)12(17)9-7-8(15)4-5-10(9)14/h4-5,7,11H,2-3,6H2,1H3. The summed E-state index contributed by atoms with van der Waals surface area (Å²) in [4.78, 5) is 25.4. The molecule has 19 heavy (non-hydrogen) atoms. The number of amides is 1. The highest BCUT2D eigenvalue weighted by molar-refractivity contribution is 9.10. The summed E-state index contributed by atoms with van der Waals surface area (Å²) < 4.78 is 18.4. The Labute approximate surface area is 118 Å². The zero-order chi connectivity index (χ0) is 14.0. The van der Waals surface area contributed by atoms with Crippen LogP contribution in [0.1, 0.15) is 23.2 Å². The molecule has 0 aliphatic carbocycles. The Morgan fingerprint density at radius 3 is 2.89 bits per heavy atom. The molecule has 0 N–H and O–H groups in total. The molecule has 1 saturated heterocycles. The van der Waals surface area contributed by atoms with Crippen molar-refractivity contribution in [2.75, 3.05) is 13.7 Å². The van der Waals surface area contributed by atoms with Crippen molar-refractivity contribution in [1.29, 1.82) is 0 Å². The van der Waals surface area contributed by atoms with Crippen molar-refractivity contribution in [2.45, 2.75) is 18.9 Å². The molecule has 0 spiro atoms. The second-order valence-electron chi connectivity index (χ2n) is 4.30. The lowest BCUT2D eigenvalue weighted by atomic mass is 10.1. The fourth-order valence-electron chi connectivity index (χ4n) is 2.21. The molecule has 2 rings (SSSR count). The third kappa shape index (κ3) is 2.78. The van der Waals surface area contributed by atoms with Crippen LogP contribution >= 0.6 is 15.9 Å². The lowest BCUT2D eigenvalue weighted by molar-refractivity contribution is -0.145. The predicted octanol–water partition coefficient (Wildman–Crippen LogP) is 2.37. The van der Waals surface area contributed by atoms with Gasteiger partial charge in [-0.15, -0.1) is 0 Å². The van der Waals surface area contributed by atoms with Crippen LogP contribution in [0.5, 0.6) is 0 Å². The molecule has 102 valence electrons. The molecular formula is C13H13BrFNO3. The van der Waals surface area contributed by atoms with Gasteiger partial charge in [0.2, 0.25) is 0 Å². The number of hydrogen-bond acceptors (Lipinski definition) is 3. The summed E-state index contributed by atoms with van der Waals surface area (Å²) in [5, 5.41) is 0. The summed E-state index contributed by atoms with van der Waals surface area (Å²) in [6.07, 6.45) is 1.31. The number of nitrogens with zero attached hydrogens (tertiary/aromatic N) is 1. The number of esters is 1. The Kier molecular flexibility index (Phi) is 4.19. The van der Waals surface area contributed by atoms with Gasteiger partial charge in [0, 0.05) is 11.0 Å². The molecule has 1 fully saturated rings. The first kappa shape index (κ1) is 14.0. The van der Waals surface area contributed by atoms with E-state index in [1.165, 1.54) is 30.2 Å². The SMILES string of the molecule is COC(=O)C1CCCN1C(=O)c1cc(F)ccc1Br. The Morgan fingerprint density at radius 1 is 1.47 bits per heavy atom. The van der Waals surface area contributed by atoms with Gasteiger partial charge in [0.25, 0.3) is 5.91 Å². The number of likely N-dealkylation sites (tertiary alicyclic amines) is 1. The van der Waals surface area contributed by atoms with E-state index in [9.17, 15) is 14.0 Å². The van der Waals surface area contributed by atoms with Gasteiger partial charge in [-0.2, -0.15) is 0 Å². The summed E-state index contributed by atoms with van der Waals surface area (Å²) in [6, 6.07) is 3.33. The zero-order valence-corrected chi connectivity index (χ0v) is 11.9. The maximum absolute atomic E-state index is 13.2. The van der Waals surface area contributed by atoms with Crippen LogP contribution in [0.4, 0.5) is 4.39 Å². The van der Waals surface area contributed by atoms with Crippen molar-refractivity contribution in [2.24, 2.45) is 0 Å². The van der Waals surface area contributed by atoms with Crippen LogP contribution in [0.25, 0.3) is 0 Å². The fraction of sp³-hybridized carbons (Fsp3) is 0.385. The molecule has 1 aromatic rings. The van der Waals surface area contributed by atoms with Crippen molar-refractivity contribution in [3.63, 3.8) is 0 Å². The quantitative estimate of drug-likeness (QED) is 0.782. The molecule has 1 aliphatic heterocycles. The minimum atomic E-state index is -0.576. The molecule has 1 amide bonds. The Balaban J connectivity index is 2.28. The third-order valence-corrected chi connectivity index (χ3v) is 3.84. The minimum absolute atomic E-state index is 0.218. The van der Waals surface area contributed by atoms with Crippen LogP contribution in [0, 0.1) is 5.82 Å². The number of methoxy groups -OCH3 is 1. The van der Waals surface area contributed by atoms with E-state index in [-0.39, 0.29) is 11.5 Å². The van der Waals surface area contributed by atoms with Crippen molar-refractivity contribution < 1.29 is 18.7 Å². The highest BCUT2D eigenvalue weighted by Gasteiger charge is 2.35. The van der Waals surface area contributed by atoms with Crippen molar-refractivity contribution in [3.05, 3.63) is 34.1 Å². The Bertz CT molecular complexity index is 521. The number of hydrogen-bond donors (Lipinski definition) is 0. The van der Waals surface area contributed by atoms with Gasteiger partial charge >= 0.3 is 5.97 Å². The Hall–Kier alpha value is -1.43. The number of benzene rings is 1. The van der Waals surface area contributed by atoms with Crippen molar-refractivity contribution in [3.8, 4) is 0 Å². The highest BCUT2D eigenvalue weighted by atomic mass is 79.9. The average Bonchev–Trinajstić information content (AvgIpc) is 2.89. The summed E-state index contributed by atoms with van der Waals surface area (Å²) in [5.41, 5.74) is 0.218. The zero-order valence-electron chi connectivity index (χ0n) is 10.4. The van der Waals surface area contributed by atoms with Gasteiger partial charge in [-0.05, 0) is 47.0 Å². The van der Waals surface area contributed by atoms with Gasteiger partial charge in [0.1, 0.15) is 11.9 Å². The van der Waals surface area contributed by atoms with Gasteiger partial charge in [0.05, 0.1) is 12.7 Å². The molecule has 1 aliphatic rings. The minimum Gasteiger partial charge on any atom is -0.467 e. The third-order valence-electron chi connectivity index (χ3n) is 3.15. The lowest BCUT2D eigenvalue weighted by Crippen LogP contribution is -2.41. The highest BCUT2D eigenvalue weighted by Crippen LogP contribution is 2.25. The summed E-state index contributed by atoms with van der Waals surface area (Å²) in [5.74, 6) is -1.28. The maximum atomic E-state index is 13.2. The van der Waals surface area contributed by atoms with Gasteiger partial charge in [0.15, 0.2) is 0 Å². The van der Waals surface area contributed by atoms with Gasteiger partial charge in [-0.1, -0.05) is 0 Å². The Morgan fingerprint density at radius 2 is 2.21 bits per heavy atom. The van der Waals surface area contributed by atoms with E-state index in [1.807, 2.05) is 0 Å². The molecule has 1 aromatic carbocycles. The largest absolute Gasteiger partial charge is 0.467 e. The van der Waals surface area contributed by atoms with Crippen molar-refractivity contribution >= 4 is 27.8 Å². The molecule has 0 radical (unpaired) electrons. The van der Waals surface area contributed by atoms with E-state index >= 15 is 0 Å². The summed E-state index contributed by atoms with van der Waals surface area (Å²) >= 11 is 3.22. The van der Waals surface area contributed by atoms with Crippen LogP contribution in [0.15, 0.2) is 22.7 Å². The van der Waals surface area contributed by atoms with Gasteiger partial charge < -0.3 is 9.64 Å². The van der Waals surface area contributed by atoms with Gasteiger partial charge in [-0.25, -0.2) is 9.18 Å². The molecule has 0 bridgehead atoms. The molecule has 6 heteroatoms. The smallest absolute Gasteiger partial charge is 0.328 e. The van der Waals surface area contributed by atoms with E-state index in [0.29, 0.717) is 17.4 Å². The molecular weight excluding hydrogens is 317 g/mol. The molecule has 4 nitrogen and oxygen atoms in total. The monoisotopic (exact) mass is 329 g/mol. The molecule has 0 saturated carbocycles. The number of carbonyl (C=O) groups excluding carboxylic acids is 2. The second kappa shape index (κ2) is 5.69. The van der Waals surface area contributed by atoms with Crippen LogP contribution in [0.2, 0.25) is 0 Å². The number of rotatable bonds is 2. The van der Waals surface area contributed by atoms with E-state index in [2.05, 4.69) is 20.7 Å². The van der Waals surface area contributed by atoms with E-state index < -0.39 is 17.8 Å². The summed E-state index contributed by atoms with van der Waals surface area (Å²) in [6.45, 7) is 0.474. The van der Waals surface area contributed by atoms with E-state index in [4.69, 9.17) is 0 Å². The number of carbonyl (C=O) groups is 2. The van der Waals surface area contributed by atoms with E-state index in [0.717, 1.165) is 6.42 Å². The van der Waals surface area contributed by atoms with Crippen LogP contribution in [-0.2, 0) is 9.53 Å².